The molecule has 0 bridgehead atoms. The fourth-order valence-electron chi connectivity index (χ4n) is 4.45. The van der Waals surface area contributed by atoms with Crippen molar-refractivity contribution in [1.29, 1.82) is 10.5 Å². The Bertz CT molecular complexity index is 1630. The molecule has 8 nitrogen and oxygen atoms in total. The second-order valence-corrected chi connectivity index (χ2v) is 10.8. The Kier molecular flexibility index (Phi) is 7.21. The number of hydrogen-bond acceptors (Lipinski definition) is 8. The highest BCUT2D eigenvalue weighted by atomic mass is 35.5. The van der Waals surface area contributed by atoms with Gasteiger partial charge in [-0.1, -0.05) is 41.6 Å². The molecule has 2 N–H and O–H groups in total. The smallest absolute Gasteiger partial charge is 0.247 e. The zero-order valence-electron chi connectivity index (χ0n) is 20.4. The van der Waals surface area contributed by atoms with Gasteiger partial charge in [-0.25, -0.2) is 9.88 Å². The first-order valence-electron chi connectivity index (χ1n) is 12.1. The number of halogens is 1. The number of benzene rings is 2. The second kappa shape index (κ2) is 10.7. The topological polar surface area (TPSA) is 141 Å². The van der Waals surface area contributed by atoms with Gasteiger partial charge in [-0.05, 0) is 72.4 Å². The van der Waals surface area contributed by atoms with Gasteiger partial charge in [-0.3, -0.25) is 14.4 Å². The first-order valence-corrected chi connectivity index (χ1v) is 13.3. The van der Waals surface area contributed by atoms with E-state index < -0.39 is 17.1 Å². The molecule has 0 radical (unpaired) electrons. The van der Waals surface area contributed by atoms with Gasteiger partial charge in [-0.15, -0.1) is 0 Å². The summed E-state index contributed by atoms with van der Waals surface area (Å²) in [6.07, 6.45) is 4.70. The van der Waals surface area contributed by atoms with Crippen molar-refractivity contribution in [3.8, 4) is 12.1 Å². The number of carbonyl (C=O) groups excluding carboxylic acids is 3. The molecule has 2 amide bonds. The van der Waals surface area contributed by atoms with Gasteiger partial charge in [0.1, 0.15) is 23.0 Å². The van der Waals surface area contributed by atoms with Crippen LogP contribution in [0.5, 0.6) is 0 Å². The van der Waals surface area contributed by atoms with Gasteiger partial charge in [0.2, 0.25) is 11.8 Å². The highest BCUT2D eigenvalue weighted by Gasteiger charge is 2.42. The third kappa shape index (κ3) is 5.28. The average molecular weight is 554 g/mol. The molecule has 10 heteroatoms. The summed E-state index contributed by atoms with van der Waals surface area (Å²) in [6.45, 7) is 0. The monoisotopic (exact) mass is 553 g/mol. The van der Waals surface area contributed by atoms with E-state index in [4.69, 9.17) is 17.3 Å². The van der Waals surface area contributed by atoms with Crippen molar-refractivity contribution in [1.82, 2.24) is 4.98 Å². The van der Waals surface area contributed by atoms with Crippen molar-refractivity contribution in [3.63, 3.8) is 0 Å². The standard InChI is InChI=1S/C29H20ClN5O3S/c30-19-3-1-2-16(12-19)4-11-23(36)17-7-9-20(10-8-17)35-25(37)13-24(29(35)38)39-28-22(15-32)26(18-5-6-18)21(14-31)27(33)34-28/h1-4,7-12,18,24H,5-6,13H2,(H2,33,34). The number of nitrogens with two attached hydrogens (primary N) is 1. The van der Waals surface area contributed by atoms with Crippen molar-refractivity contribution in [3.05, 3.63) is 87.4 Å². The number of nitriles is 2. The van der Waals surface area contributed by atoms with Gasteiger partial charge in [0.15, 0.2) is 5.78 Å². The summed E-state index contributed by atoms with van der Waals surface area (Å²) in [5, 5.41) is 19.4. The van der Waals surface area contributed by atoms with Crippen LogP contribution in [0.25, 0.3) is 6.08 Å². The van der Waals surface area contributed by atoms with E-state index in [9.17, 15) is 24.9 Å². The molecule has 2 aliphatic rings. The molecular weight excluding hydrogens is 534 g/mol. The molecule has 1 unspecified atom stereocenters. The number of imide groups is 1. The molecule has 2 aromatic carbocycles. The number of allylic oxidation sites excluding steroid dienone is 1. The lowest BCUT2D eigenvalue weighted by Gasteiger charge is -2.16. The first kappa shape index (κ1) is 26.2. The molecule has 1 aliphatic heterocycles. The van der Waals surface area contributed by atoms with Crippen LogP contribution in [-0.4, -0.2) is 27.8 Å². The van der Waals surface area contributed by atoms with E-state index in [-0.39, 0.29) is 40.1 Å². The number of hydrogen-bond donors (Lipinski definition) is 1. The van der Waals surface area contributed by atoms with Crippen LogP contribution >= 0.6 is 23.4 Å². The lowest BCUT2D eigenvalue weighted by atomic mass is 10.0. The van der Waals surface area contributed by atoms with Crippen molar-refractivity contribution < 1.29 is 14.4 Å². The first-order chi connectivity index (χ1) is 18.8. The minimum atomic E-state index is -0.807. The average Bonchev–Trinajstić information content (AvgIpc) is 3.72. The zero-order valence-corrected chi connectivity index (χ0v) is 22.0. The van der Waals surface area contributed by atoms with Gasteiger partial charge < -0.3 is 5.73 Å². The maximum absolute atomic E-state index is 13.3. The summed E-state index contributed by atoms with van der Waals surface area (Å²) in [4.78, 5) is 44.0. The van der Waals surface area contributed by atoms with Crippen molar-refractivity contribution in [2.75, 3.05) is 10.6 Å². The quantitative estimate of drug-likeness (QED) is 0.237. The fourth-order valence-corrected chi connectivity index (χ4v) is 5.77. The fraction of sp³-hybridized carbons (Fsp3) is 0.172. The molecule has 192 valence electrons. The van der Waals surface area contributed by atoms with E-state index in [0.29, 0.717) is 21.8 Å². The van der Waals surface area contributed by atoms with Crippen LogP contribution in [0.4, 0.5) is 11.5 Å². The minimum absolute atomic E-state index is 0.0131. The minimum Gasteiger partial charge on any atom is -0.383 e. The predicted molar refractivity (Wildman–Crippen MR) is 148 cm³/mol. The van der Waals surface area contributed by atoms with Crippen LogP contribution in [0.15, 0.2) is 59.6 Å². The lowest BCUT2D eigenvalue weighted by Crippen LogP contribution is -2.31. The van der Waals surface area contributed by atoms with E-state index in [0.717, 1.165) is 35.1 Å². The molecule has 1 aromatic heterocycles. The molecule has 1 aliphatic carbocycles. The van der Waals surface area contributed by atoms with Crippen LogP contribution < -0.4 is 10.6 Å². The number of nitrogens with zero attached hydrogens (tertiary/aromatic N) is 4. The van der Waals surface area contributed by atoms with Gasteiger partial charge in [-0.2, -0.15) is 10.5 Å². The maximum atomic E-state index is 13.3. The number of aromatic nitrogens is 1. The Morgan fingerprint density at radius 2 is 1.82 bits per heavy atom. The summed E-state index contributed by atoms with van der Waals surface area (Å²) in [6, 6.07) is 17.5. The van der Waals surface area contributed by atoms with Crippen LogP contribution in [0.3, 0.4) is 0 Å². The number of carbonyl (C=O) groups is 3. The normalized spacial score (nSPS) is 16.9. The molecule has 1 saturated carbocycles. The summed E-state index contributed by atoms with van der Waals surface area (Å²) in [7, 11) is 0. The summed E-state index contributed by atoms with van der Waals surface area (Å²) in [5.41, 5.74) is 8.55. The molecule has 1 saturated heterocycles. The van der Waals surface area contributed by atoms with Gasteiger partial charge >= 0.3 is 0 Å². The largest absolute Gasteiger partial charge is 0.383 e. The molecule has 1 atom stereocenters. The zero-order chi connectivity index (χ0) is 27.7. The Labute approximate surface area is 233 Å². The lowest BCUT2D eigenvalue weighted by molar-refractivity contribution is -0.121. The third-order valence-corrected chi connectivity index (χ3v) is 7.89. The number of thioether (sulfide) groups is 1. The number of anilines is 2. The number of nitrogen functional groups attached to an aromatic ring is 1. The highest BCUT2D eigenvalue weighted by Crippen LogP contribution is 2.47. The van der Waals surface area contributed by atoms with Gasteiger partial charge in [0.05, 0.1) is 22.1 Å². The summed E-state index contributed by atoms with van der Waals surface area (Å²) < 4.78 is 0. The van der Waals surface area contributed by atoms with Crippen molar-refractivity contribution >= 4 is 58.5 Å². The third-order valence-electron chi connectivity index (χ3n) is 6.48. The van der Waals surface area contributed by atoms with Crippen LogP contribution in [0.2, 0.25) is 5.02 Å². The molecule has 39 heavy (non-hydrogen) atoms. The Balaban J connectivity index is 1.33. The number of pyridine rings is 1. The number of ketones is 1. The van der Waals surface area contributed by atoms with E-state index in [1.165, 1.54) is 6.08 Å². The van der Waals surface area contributed by atoms with Crippen molar-refractivity contribution in [2.24, 2.45) is 0 Å². The summed E-state index contributed by atoms with van der Waals surface area (Å²) in [5.74, 6) is -1.02. The highest BCUT2D eigenvalue weighted by molar-refractivity contribution is 8.00. The Morgan fingerprint density at radius 3 is 2.46 bits per heavy atom. The summed E-state index contributed by atoms with van der Waals surface area (Å²) >= 11 is 6.99. The van der Waals surface area contributed by atoms with Crippen LogP contribution in [-0.2, 0) is 9.59 Å². The SMILES string of the molecule is N#Cc1c(N)nc(SC2CC(=O)N(c3ccc(C(=O)C=Cc4cccc(Cl)c4)cc3)C2=O)c(C#N)c1C1CC1. The Hall–Kier alpha value is -4.44. The molecular formula is C29H20ClN5O3S. The maximum Gasteiger partial charge on any atom is 0.247 e. The van der Waals surface area contributed by atoms with E-state index in [1.807, 2.05) is 12.1 Å². The predicted octanol–water partition coefficient (Wildman–Crippen LogP) is 5.26. The second-order valence-electron chi connectivity index (χ2n) is 9.14. The number of amides is 2. The van der Waals surface area contributed by atoms with E-state index in [2.05, 4.69) is 11.1 Å². The molecule has 0 spiro atoms. The molecule has 2 fully saturated rings. The van der Waals surface area contributed by atoms with Gasteiger partial charge in [0.25, 0.3) is 0 Å². The Morgan fingerprint density at radius 1 is 1.10 bits per heavy atom. The van der Waals surface area contributed by atoms with Crippen molar-refractivity contribution in [2.45, 2.75) is 35.5 Å². The van der Waals surface area contributed by atoms with E-state index >= 15 is 0 Å². The molecule has 2 heterocycles. The molecule has 3 aromatic rings. The molecule has 5 rings (SSSR count). The van der Waals surface area contributed by atoms with E-state index in [1.54, 1.807) is 48.5 Å². The van der Waals surface area contributed by atoms with Crippen LogP contribution in [0, 0.1) is 22.7 Å². The van der Waals surface area contributed by atoms with Gasteiger partial charge in [0, 0.05) is 17.0 Å². The van der Waals surface area contributed by atoms with Crippen LogP contribution in [0.1, 0.15) is 57.8 Å². The number of rotatable bonds is 7.